The molecule has 1 amide bonds. The Morgan fingerprint density at radius 3 is 2.64 bits per heavy atom. The van der Waals surface area contributed by atoms with E-state index in [1.54, 1.807) is 18.2 Å². The van der Waals surface area contributed by atoms with Gasteiger partial charge in [0.1, 0.15) is 5.82 Å². The van der Waals surface area contributed by atoms with Crippen LogP contribution in [0, 0.1) is 19.7 Å². The van der Waals surface area contributed by atoms with Crippen molar-refractivity contribution in [2.45, 2.75) is 26.7 Å². The van der Waals surface area contributed by atoms with Gasteiger partial charge in [-0.25, -0.2) is 9.37 Å². The predicted octanol–water partition coefficient (Wildman–Crippen LogP) is 5.39. The zero-order valence-electron chi connectivity index (χ0n) is 15.7. The van der Waals surface area contributed by atoms with Crippen LogP contribution in [0.5, 0.6) is 0 Å². The molecule has 0 spiro atoms. The van der Waals surface area contributed by atoms with Gasteiger partial charge in [0.2, 0.25) is 5.91 Å². The number of hydrogen-bond donors (Lipinski definition) is 1. The SMILES string of the molecule is Cc1cccc(C)c1NC(=O)CCc1csc2nc(-c3ccccc3F)cn12. The van der Waals surface area contributed by atoms with Gasteiger partial charge in [0.05, 0.1) is 5.69 Å². The van der Waals surface area contributed by atoms with Gasteiger partial charge in [-0.15, -0.1) is 11.3 Å². The number of thiazole rings is 1. The summed E-state index contributed by atoms with van der Waals surface area (Å²) in [5.74, 6) is -0.311. The quantitative estimate of drug-likeness (QED) is 0.494. The first-order chi connectivity index (χ1) is 13.5. The summed E-state index contributed by atoms with van der Waals surface area (Å²) in [5, 5.41) is 5.02. The molecule has 0 radical (unpaired) electrons. The summed E-state index contributed by atoms with van der Waals surface area (Å²) in [4.78, 5) is 17.8. The van der Waals surface area contributed by atoms with Crippen molar-refractivity contribution in [3.8, 4) is 11.3 Å². The molecule has 0 unspecified atom stereocenters. The van der Waals surface area contributed by atoms with E-state index in [1.165, 1.54) is 17.4 Å². The van der Waals surface area contributed by atoms with E-state index in [0.29, 0.717) is 24.1 Å². The number of carbonyl (C=O) groups excluding carboxylic acids is 1. The maximum absolute atomic E-state index is 14.0. The Labute approximate surface area is 166 Å². The fourth-order valence-corrected chi connectivity index (χ4v) is 4.17. The average molecular weight is 393 g/mol. The molecule has 4 aromatic rings. The highest BCUT2D eigenvalue weighted by molar-refractivity contribution is 7.15. The first-order valence-corrected chi connectivity index (χ1v) is 9.97. The van der Waals surface area contributed by atoms with Crippen molar-refractivity contribution in [1.29, 1.82) is 0 Å². The van der Waals surface area contributed by atoms with E-state index < -0.39 is 0 Å². The summed E-state index contributed by atoms with van der Waals surface area (Å²) in [6.45, 7) is 3.97. The first-order valence-electron chi connectivity index (χ1n) is 9.09. The minimum Gasteiger partial charge on any atom is -0.326 e. The molecular formula is C22H20FN3OS. The van der Waals surface area contributed by atoms with Gasteiger partial charge in [0.15, 0.2) is 4.96 Å². The summed E-state index contributed by atoms with van der Waals surface area (Å²) in [7, 11) is 0. The number of hydrogen-bond acceptors (Lipinski definition) is 3. The van der Waals surface area contributed by atoms with E-state index in [1.807, 2.05) is 48.0 Å². The highest BCUT2D eigenvalue weighted by Crippen LogP contribution is 2.26. The lowest BCUT2D eigenvalue weighted by atomic mass is 10.1. The summed E-state index contributed by atoms with van der Waals surface area (Å²) in [6, 6.07) is 12.6. The smallest absolute Gasteiger partial charge is 0.224 e. The van der Waals surface area contributed by atoms with E-state index in [-0.39, 0.29) is 11.7 Å². The van der Waals surface area contributed by atoms with Crippen molar-refractivity contribution >= 4 is 27.9 Å². The number of nitrogens with one attached hydrogen (secondary N) is 1. The largest absolute Gasteiger partial charge is 0.326 e. The van der Waals surface area contributed by atoms with Gasteiger partial charge < -0.3 is 5.32 Å². The topological polar surface area (TPSA) is 46.4 Å². The maximum atomic E-state index is 14.0. The molecule has 0 aliphatic carbocycles. The van der Waals surface area contributed by atoms with Crippen LogP contribution >= 0.6 is 11.3 Å². The standard InChI is InChI=1S/C22H20FN3OS/c1-14-6-5-7-15(2)21(14)25-20(27)11-10-16-13-28-22-24-19(12-26(16)22)17-8-3-4-9-18(17)23/h3-9,12-13H,10-11H2,1-2H3,(H,25,27). The molecule has 0 saturated carbocycles. The zero-order valence-corrected chi connectivity index (χ0v) is 16.5. The first kappa shape index (κ1) is 18.4. The Morgan fingerprint density at radius 1 is 1.14 bits per heavy atom. The number of aromatic nitrogens is 2. The summed E-state index contributed by atoms with van der Waals surface area (Å²) < 4.78 is 16.0. The van der Waals surface area contributed by atoms with Crippen molar-refractivity contribution < 1.29 is 9.18 Å². The molecule has 6 heteroatoms. The number of carbonyl (C=O) groups is 1. The number of fused-ring (bicyclic) bond motifs is 1. The molecule has 142 valence electrons. The van der Waals surface area contributed by atoms with Crippen LogP contribution in [0.4, 0.5) is 10.1 Å². The third-order valence-electron chi connectivity index (χ3n) is 4.79. The van der Waals surface area contributed by atoms with Crippen molar-refractivity contribution in [2.75, 3.05) is 5.32 Å². The third kappa shape index (κ3) is 3.55. The molecule has 28 heavy (non-hydrogen) atoms. The summed E-state index contributed by atoms with van der Waals surface area (Å²) in [5.41, 5.74) is 5.06. The van der Waals surface area contributed by atoms with Crippen LogP contribution in [-0.2, 0) is 11.2 Å². The number of rotatable bonds is 5. The van der Waals surface area contributed by atoms with Crippen molar-refractivity contribution in [2.24, 2.45) is 0 Å². The fourth-order valence-electron chi connectivity index (χ4n) is 3.26. The lowest BCUT2D eigenvalue weighted by molar-refractivity contribution is -0.116. The van der Waals surface area contributed by atoms with Crippen LogP contribution < -0.4 is 5.32 Å². The van der Waals surface area contributed by atoms with Gasteiger partial charge in [-0.3, -0.25) is 9.20 Å². The highest BCUT2D eigenvalue weighted by atomic mass is 32.1. The Bertz CT molecular complexity index is 1140. The molecule has 0 aliphatic rings. The minimum absolute atomic E-state index is 0.0220. The van der Waals surface area contributed by atoms with Gasteiger partial charge in [-0.2, -0.15) is 0 Å². The lowest BCUT2D eigenvalue weighted by Crippen LogP contribution is -2.14. The molecule has 0 bridgehead atoms. The van der Waals surface area contributed by atoms with Crippen LogP contribution in [0.15, 0.2) is 54.0 Å². The number of aryl methyl sites for hydroxylation is 3. The van der Waals surface area contributed by atoms with Crippen LogP contribution in [0.3, 0.4) is 0 Å². The number of nitrogens with zero attached hydrogens (tertiary/aromatic N) is 2. The maximum Gasteiger partial charge on any atom is 0.224 e. The van der Waals surface area contributed by atoms with E-state index in [0.717, 1.165) is 27.5 Å². The summed E-state index contributed by atoms with van der Waals surface area (Å²) in [6.07, 6.45) is 2.79. The van der Waals surface area contributed by atoms with Gasteiger partial charge >= 0.3 is 0 Å². The molecule has 0 atom stereocenters. The van der Waals surface area contributed by atoms with Gasteiger partial charge in [-0.05, 0) is 43.5 Å². The molecule has 1 N–H and O–H groups in total. The number of anilines is 1. The minimum atomic E-state index is -0.289. The fraction of sp³-hybridized carbons (Fsp3) is 0.182. The van der Waals surface area contributed by atoms with Crippen molar-refractivity contribution in [3.63, 3.8) is 0 Å². The number of halogens is 1. The number of para-hydroxylation sites is 1. The van der Waals surface area contributed by atoms with Crippen LogP contribution in [-0.4, -0.2) is 15.3 Å². The molecule has 0 fully saturated rings. The van der Waals surface area contributed by atoms with Crippen molar-refractivity contribution in [1.82, 2.24) is 9.38 Å². The van der Waals surface area contributed by atoms with Crippen LogP contribution in [0.1, 0.15) is 23.2 Å². The third-order valence-corrected chi connectivity index (χ3v) is 5.68. The van der Waals surface area contributed by atoms with Crippen LogP contribution in [0.2, 0.25) is 0 Å². The molecule has 2 aromatic carbocycles. The molecular weight excluding hydrogens is 373 g/mol. The molecule has 4 rings (SSSR count). The monoisotopic (exact) mass is 393 g/mol. The van der Waals surface area contributed by atoms with Gasteiger partial charge in [0, 0.05) is 34.9 Å². The zero-order chi connectivity index (χ0) is 19.7. The lowest BCUT2D eigenvalue weighted by Gasteiger charge is -2.11. The van der Waals surface area contributed by atoms with E-state index in [4.69, 9.17) is 0 Å². The second-order valence-corrected chi connectivity index (χ2v) is 7.64. The van der Waals surface area contributed by atoms with Gasteiger partial charge in [-0.1, -0.05) is 30.3 Å². The van der Waals surface area contributed by atoms with Crippen molar-refractivity contribution in [3.05, 3.63) is 76.7 Å². The molecule has 0 saturated heterocycles. The Balaban J connectivity index is 1.49. The second-order valence-electron chi connectivity index (χ2n) is 6.80. The average Bonchev–Trinajstić information content (AvgIpc) is 3.24. The molecule has 0 aliphatic heterocycles. The summed E-state index contributed by atoms with van der Waals surface area (Å²) >= 11 is 1.49. The van der Waals surface area contributed by atoms with E-state index >= 15 is 0 Å². The van der Waals surface area contributed by atoms with Gasteiger partial charge in [0.25, 0.3) is 0 Å². The normalized spacial score (nSPS) is 11.1. The molecule has 2 heterocycles. The number of imidazole rings is 1. The Hall–Kier alpha value is -2.99. The molecule has 2 aromatic heterocycles. The Kier molecular flexibility index (Phi) is 4.96. The highest BCUT2D eigenvalue weighted by Gasteiger charge is 2.14. The van der Waals surface area contributed by atoms with E-state index in [9.17, 15) is 9.18 Å². The van der Waals surface area contributed by atoms with E-state index in [2.05, 4.69) is 10.3 Å². The predicted molar refractivity (Wildman–Crippen MR) is 111 cm³/mol. The second kappa shape index (κ2) is 7.56. The Morgan fingerprint density at radius 2 is 1.89 bits per heavy atom. The van der Waals surface area contributed by atoms with Crippen LogP contribution in [0.25, 0.3) is 16.2 Å². The number of benzene rings is 2. The number of amides is 1. The molecule has 4 nitrogen and oxygen atoms in total.